The van der Waals surface area contributed by atoms with Crippen molar-refractivity contribution in [2.75, 3.05) is 13.1 Å². The van der Waals surface area contributed by atoms with Crippen LogP contribution in [0.2, 0.25) is 0 Å². The Bertz CT molecular complexity index is 230. The number of hydrogen-bond acceptors (Lipinski definition) is 2. The van der Waals surface area contributed by atoms with E-state index in [-0.39, 0.29) is 11.8 Å². The van der Waals surface area contributed by atoms with E-state index in [4.69, 9.17) is 5.73 Å². The average molecular weight is 226 g/mol. The van der Waals surface area contributed by atoms with Gasteiger partial charge in [-0.25, -0.2) is 0 Å². The smallest absolute Gasteiger partial charge is 0.227 e. The molecule has 1 amide bonds. The first-order valence-corrected chi connectivity index (χ1v) is 6.62. The molecule has 0 saturated carbocycles. The van der Waals surface area contributed by atoms with Crippen LogP contribution in [0.4, 0.5) is 0 Å². The first-order chi connectivity index (χ1) is 7.61. The molecule has 0 radical (unpaired) electrons. The molecule has 0 aliphatic carbocycles. The van der Waals surface area contributed by atoms with E-state index in [2.05, 4.69) is 25.7 Å². The fourth-order valence-corrected chi connectivity index (χ4v) is 2.57. The molecular formula is C13H26N2O. The van der Waals surface area contributed by atoms with Crippen LogP contribution < -0.4 is 5.73 Å². The van der Waals surface area contributed by atoms with Gasteiger partial charge in [-0.2, -0.15) is 0 Å². The van der Waals surface area contributed by atoms with Gasteiger partial charge in [-0.05, 0) is 32.1 Å². The van der Waals surface area contributed by atoms with Crippen LogP contribution in [-0.2, 0) is 4.79 Å². The molecular weight excluding hydrogens is 200 g/mol. The molecule has 1 aliphatic heterocycles. The lowest BCUT2D eigenvalue weighted by atomic mass is 9.90. The maximum atomic E-state index is 12.3. The Morgan fingerprint density at radius 2 is 2.19 bits per heavy atom. The fourth-order valence-electron chi connectivity index (χ4n) is 2.57. The lowest BCUT2D eigenvalue weighted by molar-refractivity contribution is -0.140. The van der Waals surface area contributed by atoms with Crippen molar-refractivity contribution < 1.29 is 4.79 Å². The third kappa shape index (κ3) is 2.97. The number of rotatable bonds is 4. The van der Waals surface area contributed by atoms with Crippen LogP contribution in [0.5, 0.6) is 0 Å². The van der Waals surface area contributed by atoms with Gasteiger partial charge in [0.05, 0.1) is 5.92 Å². The van der Waals surface area contributed by atoms with Crippen molar-refractivity contribution in [1.82, 2.24) is 4.90 Å². The third-order valence-electron chi connectivity index (χ3n) is 3.93. The molecule has 1 rings (SSSR count). The van der Waals surface area contributed by atoms with Gasteiger partial charge in [0.2, 0.25) is 5.91 Å². The number of amides is 1. The van der Waals surface area contributed by atoms with Crippen molar-refractivity contribution in [3.8, 4) is 0 Å². The minimum Gasteiger partial charge on any atom is -0.339 e. The van der Waals surface area contributed by atoms with E-state index in [9.17, 15) is 4.79 Å². The number of likely N-dealkylation sites (tertiary alicyclic amines) is 1. The normalized spacial score (nSPS) is 27.9. The number of piperidine rings is 1. The van der Waals surface area contributed by atoms with Crippen LogP contribution in [-0.4, -0.2) is 29.9 Å². The quantitative estimate of drug-likeness (QED) is 0.797. The Morgan fingerprint density at radius 1 is 1.50 bits per heavy atom. The Kier molecular flexibility index (Phi) is 5.26. The Hall–Kier alpha value is -0.570. The SMILES string of the molecule is CCCC(CN)C(=O)N1CCCC(C)C1C. The largest absolute Gasteiger partial charge is 0.339 e. The summed E-state index contributed by atoms with van der Waals surface area (Å²) in [6.45, 7) is 7.93. The maximum Gasteiger partial charge on any atom is 0.227 e. The second kappa shape index (κ2) is 6.24. The zero-order chi connectivity index (χ0) is 12.1. The number of carbonyl (C=O) groups is 1. The molecule has 3 atom stereocenters. The zero-order valence-electron chi connectivity index (χ0n) is 10.9. The highest BCUT2D eigenvalue weighted by Gasteiger charge is 2.31. The van der Waals surface area contributed by atoms with Gasteiger partial charge in [0.25, 0.3) is 0 Å². The topological polar surface area (TPSA) is 46.3 Å². The van der Waals surface area contributed by atoms with E-state index in [1.807, 2.05) is 0 Å². The summed E-state index contributed by atoms with van der Waals surface area (Å²) >= 11 is 0. The van der Waals surface area contributed by atoms with Crippen LogP contribution in [0.1, 0.15) is 46.5 Å². The van der Waals surface area contributed by atoms with Crippen LogP contribution >= 0.6 is 0 Å². The number of nitrogens with zero attached hydrogens (tertiary/aromatic N) is 1. The van der Waals surface area contributed by atoms with Crippen LogP contribution in [0, 0.1) is 11.8 Å². The van der Waals surface area contributed by atoms with Crippen molar-refractivity contribution in [1.29, 1.82) is 0 Å². The summed E-state index contributed by atoms with van der Waals surface area (Å²) in [5.74, 6) is 0.943. The zero-order valence-corrected chi connectivity index (χ0v) is 10.9. The summed E-state index contributed by atoms with van der Waals surface area (Å²) < 4.78 is 0. The van der Waals surface area contributed by atoms with Crippen molar-refractivity contribution >= 4 is 5.91 Å². The Morgan fingerprint density at radius 3 is 2.75 bits per heavy atom. The summed E-state index contributed by atoms with van der Waals surface area (Å²) in [6.07, 6.45) is 4.34. The van der Waals surface area contributed by atoms with Crippen molar-refractivity contribution in [3.63, 3.8) is 0 Å². The maximum absolute atomic E-state index is 12.3. The van der Waals surface area contributed by atoms with E-state index in [1.54, 1.807) is 0 Å². The highest BCUT2D eigenvalue weighted by atomic mass is 16.2. The molecule has 3 unspecified atom stereocenters. The van der Waals surface area contributed by atoms with Gasteiger partial charge in [0, 0.05) is 19.1 Å². The van der Waals surface area contributed by atoms with Crippen LogP contribution in [0.25, 0.3) is 0 Å². The van der Waals surface area contributed by atoms with Gasteiger partial charge in [-0.15, -0.1) is 0 Å². The van der Waals surface area contributed by atoms with Crippen molar-refractivity contribution in [2.45, 2.75) is 52.5 Å². The number of hydrogen-bond donors (Lipinski definition) is 1. The summed E-state index contributed by atoms with van der Waals surface area (Å²) in [7, 11) is 0. The molecule has 1 saturated heterocycles. The number of carbonyl (C=O) groups excluding carboxylic acids is 1. The van der Waals surface area contributed by atoms with Gasteiger partial charge < -0.3 is 10.6 Å². The van der Waals surface area contributed by atoms with E-state index >= 15 is 0 Å². The van der Waals surface area contributed by atoms with Gasteiger partial charge in [0.15, 0.2) is 0 Å². The molecule has 0 aromatic heterocycles. The van der Waals surface area contributed by atoms with Crippen LogP contribution in [0.3, 0.4) is 0 Å². The summed E-state index contributed by atoms with van der Waals surface area (Å²) in [5, 5.41) is 0. The van der Waals surface area contributed by atoms with Gasteiger partial charge in [0.1, 0.15) is 0 Å². The Balaban J connectivity index is 2.63. The molecule has 3 heteroatoms. The second-order valence-corrected chi connectivity index (χ2v) is 5.11. The third-order valence-corrected chi connectivity index (χ3v) is 3.93. The molecule has 94 valence electrons. The molecule has 0 spiro atoms. The van der Waals surface area contributed by atoms with Crippen molar-refractivity contribution in [3.05, 3.63) is 0 Å². The molecule has 16 heavy (non-hydrogen) atoms. The van der Waals surface area contributed by atoms with Crippen molar-refractivity contribution in [2.24, 2.45) is 17.6 Å². The van der Waals surface area contributed by atoms with E-state index in [1.165, 1.54) is 6.42 Å². The summed E-state index contributed by atoms with van der Waals surface area (Å²) in [5.41, 5.74) is 5.70. The monoisotopic (exact) mass is 226 g/mol. The fraction of sp³-hybridized carbons (Fsp3) is 0.923. The van der Waals surface area contributed by atoms with E-state index in [0.29, 0.717) is 18.5 Å². The molecule has 3 nitrogen and oxygen atoms in total. The van der Waals surface area contributed by atoms with E-state index < -0.39 is 0 Å². The summed E-state index contributed by atoms with van der Waals surface area (Å²) in [6, 6.07) is 0.382. The average Bonchev–Trinajstić information content (AvgIpc) is 2.29. The molecule has 0 aromatic carbocycles. The highest BCUT2D eigenvalue weighted by Crippen LogP contribution is 2.25. The Labute approximate surface area is 99.4 Å². The van der Waals surface area contributed by atoms with Gasteiger partial charge in [-0.1, -0.05) is 20.3 Å². The molecule has 1 aliphatic rings. The first-order valence-electron chi connectivity index (χ1n) is 6.62. The van der Waals surface area contributed by atoms with Crippen LogP contribution in [0.15, 0.2) is 0 Å². The van der Waals surface area contributed by atoms with Gasteiger partial charge in [-0.3, -0.25) is 4.79 Å². The standard InChI is InChI=1S/C13H26N2O/c1-4-6-12(9-14)13(16)15-8-5-7-10(2)11(15)3/h10-12H,4-9,14H2,1-3H3. The molecule has 1 fully saturated rings. The minimum absolute atomic E-state index is 0.0396. The second-order valence-electron chi connectivity index (χ2n) is 5.11. The predicted molar refractivity (Wildman–Crippen MR) is 67.0 cm³/mol. The lowest BCUT2D eigenvalue weighted by Crippen LogP contribution is -2.49. The predicted octanol–water partition coefficient (Wildman–Crippen LogP) is 2.01. The van der Waals surface area contributed by atoms with E-state index in [0.717, 1.165) is 25.8 Å². The summed E-state index contributed by atoms with van der Waals surface area (Å²) in [4.78, 5) is 14.4. The van der Waals surface area contributed by atoms with Gasteiger partial charge >= 0.3 is 0 Å². The highest BCUT2D eigenvalue weighted by molar-refractivity contribution is 5.79. The molecule has 2 N–H and O–H groups in total. The minimum atomic E-state index is 0.0396. The molecule has 1 heterocycles. The molecule has 0 bridgehead atoms. The molecule has 0 aromatic rings. The number of nitrogens with two attached hydrogens (primary N) is 1. The lowest BCUT2D eigenvalue weighted by Gasteiger charge is -2.39. The first kappa shape index (κ1) is 13.5.